The van der Waals surface area contributed by atoms with Crippen molar-refractivity contribution in [1.82, 2.24) is 9.97 Å². The molecule has 0 aliphatic heterocycles. The third-order valence-corrected chi connectivity index (χ3v) is 3.37. The number of anilines is 1. The molecule has 0 amide bonds. The molecule has 0 atom stereocenters. The lowest BCUT2D eigenvalue weighted by Crippen LogP contribution is -2.39. The molecule has 0 radical (unpaired) electrons. The first-order valence-electron chi connectivity index (χ1n) is 5.74. The van der Waals surface area contributed by atoms with E-state index in [1.165, 1.54) is 6.33 Å². The van der Waals surface area contributed by atoms with E-state index < -0.39 is 11.7 Å². The smallest absolute Gasteiger partial charge is 0.356 e. The average Bonchev–Trinajstić information content (AvgIpc) is 3.03. The maximum atomic E-state index is 12.9. The van der Waals surface area contributed by atoms with Gasteiger partial charge in [-0.05, 0) is 19.3 Å². The van der Waals surface area contributed by atoms with Gasteiger partial charge in [0.2, 0.25) is 0 Å². The normalized spacial score (nSPS) is 17.6. The minimum absolute atomic E-state index is 0.0731. The lowest BCUT2D eigenvalue weighted by Gasteiger charge is -2.22. The summed E-state index contributed by atoms with van der Waals surface area (Å²) in [6.45, 7) is 1.92. The Balaban J connectivity index is 2.27. The number of hydrogen-bond donors (Lipinski definition) is 1. The Bertz CT molecular complexity index is 444. The Morgan fingerprint density at radius 3 is 2.56 bits per heavy atom. The summed E-state index contributed by atoms with van der Waals surface area (Å²) < 4.78 is 38.6. The predicted molar refractivity (Wildman–Crippen MR) is 62.7 cm³/mol. The lowest BCUT2D eigenvalue weighted by molar-refractivity contribution is -0.151. The third kappa shape index (κ3) is 2.39. The molecule has 1 heterocycles. The van der Waals surface area contributed by atoms with Gasteiger partial charge in [-0.25, -0.2) is 9.97 Å². The summed E-state index contributed by atoms with van der Waals surface area (Å²) in [4.78, 5) is 7.69. The fourth-order valence-corrected chi connectivity index (χ4v) is 2.03. The lowest BCUT2D eigenvalue weighted by atomic mass is 10.1. The molecule has 0 bridgehead atoms. The van der Waals surface area contributed by atoms with Crippen LogP contribution in [0.2, 0.25) is 5.15 Å². The van der Waals surface area contributed by atoms with Gasteiger partial charge in [-0.1, -0.05) is 24.9 Å². The number of hydrogen-bond acceptors (Lipinski definition) is 3. The summed E-state index contributed by atoms with van der Waals surface area (Å²) >= 11 is 5.90. The summed E-state index contributed by atoms with van der Waals surface area (Å²) in [7, 11) is 0. The second-order valence-electron chi connectivity index (χ2n) is 4.45. The van der Waals surface area contributed by atoms with Crippen molar-refractivity contribution in [2.24, 2.45) is 0 Å². The Hall–Kier alpha value is -1.04. The highest BCUT2D eigenvalue weighted by atomic mass is 35.5. The van der Waals surface area contributed by atoms with E-state index in [1.54, 1.807) is 0 Å². The number of halogens is 4. The molecular weight excluding hydrogens is 267 g/mol. The first kappa shape index (κ1) is 13.4. The van der Waals surface area contributed by atoms with Crippen molar-refractivity contribution in [3.8, 4) is 0 Å². The van der Waals surface area contributed by atoms with Crippen LogP contribution in [0.4, 0.5) is 19.0 Å². The van der Waals surface area contributed by atoms with Gasteiger partial charge >= 0.3 is 6.18 Å². The quantitative estimate of drug-likeness (QED) is 0.856. The van der Waals surface area contributed by atoms with Gasteiger partial charge < -0.3 is 5.32 Å². The van der Waals surface area contributed by atoms with Crippen LogP contribution in [0.5, 0.6) is 0 Å². The van der Waals surface area contributed by atoms with E-state index in [-0.39, 0.29) is 23.8 Å². The SMILES string of the molecule is CCCc1c(Cl)ncnc1NC1(C(F)(F)F)CC1. The highest BCUT2D eigenvalue weighted by molar-refractivity contribution is 6.30. The van der Waals surface area contributed by atoms with Crippen molar-refractivity contribution in [2.75, 3.05) is 5.32 Å². The Morgan fingerprint density at radius 1 is 1.39 bits per heavy atom. The molecule has 1 aromatic heterocycles. The van der Waals surface area contributed by atoms with Crippen molar-refractivity contribution < 1.29 is 13.2 Å². The summed E-state index contributed by atoms with van der Waals surface area (Å²) in [5.41, 5.74) is -1.27. The summed E-state index contributed by atoms with van der Waals surface area (Å²) in [5.74, 6) is 0.201. The van der Waals surface area contributed by atoms with Crippen LogP contribution in [-0.4, -0.2) is 21.7 Å². The van der Waals surface area contributed by atoms with Crippen LogP contribution in [0.15, 0.2) is 6.33 Å². The van der Waals surface area contributed by atoms with Crippen molar-refractivity contribution in [1.29, 1.82) is 0 Å². The molecule has 0 aromatic carbocycles. The van der Waals surface area contributed by atoms with Crippen molar-refractivity contribution >= 4 is 17.4 Å². The molecule has 0 unspecified atom stereocenters. The molecule has 7 heteroatoms. The Morgan fingerprint density at radius 2 is 2.06 bits per heavy atom. The number of aromatic nitrogens is 2. The number of nitrogens with one attached hydrogen (secondary N) is 1. The second-order valence-corrected chi connectivity index (χ2v) is 4.80. The second kappa shape index (κ2) is 4.57. The van der Waals surface area contributed by atoms with Gasteiger partial charge in [0.15, 0.2) is 0 Å². The average molecular weight is 280 g/mol. The highest BCUT2D eigenvalue weighted by Gasteiger charge is 2.63. The van der Waals surface area contributed by atoms with Gasteiger partial charge in [0.1, 0.15) is 22.8 Å². The zero-order chi connectivity index (χ0) is 13.4. The Labute approximate surface area is 108 Å². The van der Waals surface area contributed by atoms with Crippen LogP contribution in [0.3, 0.4) is 0 Å². The summed E-state index contributed by atoms with van der Waals surface area (Å²) in [6, 6.07) is 0. The summed E-state index contributed by atoms with van der Waals surface area (Å²) in [6.07, 6.45) is -1.63. The van der Waals surface area contributed by atoms with Gasteiger partial charge in [0, 0.05) is 5.56 Å². The van der Waals surface area contributed by atoms with Crippen LogP contribution in [0.1, 0.15) is 31.7 Å². The molecule has 0 saturated heterocycles. The first-order valence-corrected chi connectivity index (χ1v) is 6.12. The number of alkyl halides is 3. The molecule has 18 heavy (non-hydrogen) atoms. The van der Waals surface area contributed by atoms with E-state index >= 15 is 0 Å². The number of rotatable bonds is 4. The highest BCUT2D eigenvalue weighted by Crippen LogP contribution is 2.51. The van der Waals surface area contributed by atoms with Crippen LogP contribution in [0, 0.1) is 0 Å². The van der Waals surface area contributed by atoms with E-state index in [2.05, 4.69) is 15.3 Å². The van der Waals surface area contributed by atoms with Crippen LogP contribution >= 0.6 is 11.6 Å². The molecule has 2 rings (SSSR count). The van der Waals surface area contributed by atoms with Gasteiger partial charge in [0.25, 0.3) is 0 Å². The molecular formula is C11H13ClF3N3. The van der Waals surface area contributed by atoms with Crippen LogP contribution in [0.25, 0.3) is 0 Å². The van der Waals surface area contributed by atoms with Gasteiger partial charge in [-0.3, -0.25) is 0 Å². The fraction of sp³-hybridized carbons (Fsp3) is 0.636. The minimum atomic E-state index is -4.27. The molecule has 1 aliphatic rings. The van der Waals surface area contributed by atoms with Crippen LogP contribution in [-0.2, 0) is 6.42 Å². The van der Waals surface area contributed by atoms with E-state index in [4.69, 9.17) is 11.6 Å². The molecule has 0 spiro atoms. The van der Waals surface area contributed by atoms with Gasteiger partial charge in [-0.2, -0.15) is 13.2 Å². The molecule has 1 fully saturated rings. The van der Waals surface area contributed by atoms with E-state index in [1.807, 2.05) is 6.92 Å². The van der Waals surface area contributed by atoms with E-state index in [0.717, 1.165) is 6.42 Å². The molecule has 1 saturated carbocycles. The monoisotopic (exact) mass is 279 g/mol. The molecule has 3 nitrogen and oxygen atoms in total. The molecule has 1 N–H and O–H groups in total. The zero-order valence-electron chi connectivity index (χ0n) is 9.81. The van der Waals surface area contributed by atoms with E-state index in [0.29, 0.717) is 12.0 Å². The maximum Gasteiger partial charge on any atom is 0.411 e. The predicted octanol–water partition coefficient (Wildman–Crippen LogP) is 3.59. The third-order valence-electron chi connectivity index (χ3n) is 3.04. The Kier molecular flexibility index (Phi) is 3.40. The molecule has 1 aromatic rings. The fourth-order valence-electron chi connectivity index (χ4n) is 1.80. The van der Waals surface area contributed by atoms with Crippen LogP contribution < -0.4 is 5.32 Å². The minimum Gasteiger partial charge on any atom is -0.356 e. The topological polar surface area (TPSA) is 37.8 Å². The van der Waals surface area contributed by atoms with Gasteiger partial charge in [-0.15, -0.1) is 0 Å². The van der Waals surface area contributed by atoms with Crippen molar-refractivity contribution in [3.05, 3.63) is 17.0 Å². The maximum absolute atomic E-state index is 12.9. The van der Waals surface area contributed by atoms with Gasteiger partial charge in [0.05, 0.1) is 0 Å². The van der Waals surface area contributed by atoms with Crippen molar-refractivity contribution in [3.63, 3.8) is 0 Å². The molecule has 1 aliphatic carbocycles. The summed E-state index contributed by atoms with van der Waals surface area (Å²) in [5, 5.41) is 2.72. The standard InChI is InChI=1S/C11H13ClF3N3/c1-2-3-7-8(12)16-6-17-9(7)18-10(4-5-10)11(13,14)15/h6H,2-5H2,1H3,(H,16,17,18). The number of nitrogens with zero attached hydrogens (tertiary/aromatic N) is 2. The van der Waals surface area contributed by atoms with Crippen molar-refractivity contribution in [2.45, 2.75) is 44.3 Å². The molecule has 100 valence electrons. The zero-order valence-corrected chi connectivity index (χ0v) is 10.6. The first-order chi connectivity index (χ1) is 8.39. The largest absolute Gasteiger partial charge is 0.411 e. The van der Waals surface area contributed by atoms with E-state index in [9.17, 15) is 13.2 Å².